The second-order valence-corrected chi connectivity index (χ2v) is 12.7. The molecule has 2 aliphatic heterocycles. The molecule has 37 heavy (non-hydrogen) atoms. The normalized spacial score (nSPS) is 21.8. The highest BCUT2D eigenvalue weighted by Gasteiger charge is 2.41. The van der Waals surface area contributed by atoms with Gasteiger partial charge in [0, 0.05) is 69.0 Å². The average molecular weight is 526 g/mol. The third-order valence-electron chi connectivity index (χ3n) is 8.10. The van der Waals surface area contributed by atoms with Crippen molar-refractivity contribution in [2.75, 3.05) is 52.7 Å². The maximum Gasteiger partial charge on any atom is 0.265 e. The summed E-state index contributed by atoms with van der Waals surface area (Å²) in [6.07, 6.45) is 6.24. The number of aromatic nitrogens is 3. The smallest absolute Gasteiger partial charge is 0.265 e. The Morgan fingerprint density at radius 3 is 2.35 bits per heavy atom. The minimum Gasteiger partial charge on any atom is -0.348 e. The molecule has 2 saturated heterocycles. The average Bonchev–Trinajstić information content (AvgIpc) is 3.51. The van der Waals surface area contributed by atoms with Gasteiger partial charge in [0.05, 0.1) is 24.9 Å². The molecule has 0 radical (unpaired) electrons. The standard InChI is InChI=1S/C27H35N5O4S/c1-30-11-13-31(14-12-30)19-20-3-5-21(6-4-20)23-17-24(22-7-9-27(10-8-22)35-15-16-36-27)32-25(23)18-28-26(29-32)37(2,33)34/h3-6,17-18,22H,7-16,19H2,1-2H3. The summed E-state index contributed by atoms with van der Waals surface area (Å²) < 4.78 is 38.1. The van der Waals surface area contributed by atoms with E-state index in [0.29, 0.717) is 13.2 Å². The summed E-state index contributed by atoms with van der Waals surface area (Å²) in [5, 5.41) is 4.35. The molecule has 3 fully saturated rings. The van der Waals surface area contributed by atoms with Gasteiger partial charge >= 0.3 is 0 Å². The van der Waals surface area contributed by atoms with Crippen LogP contribution in [0.2, 0.25) is 0 Å². The van der Waals surface area contributed by atoms with Gasteiger partial charge < -0.3 is 14.4 Å². The van der Waals surface area contributed by atoms with Gasteiger partial charge in [-0.3, -0.25) is 4.90 Å². The van der Waals surface area contributed by atoms with Crippen LogP contribution < -0.4 is 0 Å². The van der Waals surface area contributed by atoms with E-state index >= 15 is 0 Å². The van der Waals surface area contributed by atoms with Crippen molar-refractivity contribution in [3.05, 3.63) is 47.8 Å². The van der Waals surface area contributed by atoms with Gasteiger partial charge in [0.15, 0.2) is 5.79 Å². The third kappa shape index (κ3) is 5.05. The predicted molar refractivity (Wildman–Crippen MR) is 140 cm³/mol. The van der Waals surface area contributed by atoms with Crippen LogP contribution in [0.3, 0.4) is 0 Å². The van der Waals surface area contributed by atoms with Gasteiger partial charge in [-0.1, -0.05) is 24.3 Å². The van der Waals surface area contributed by atoms with Crippen LogP contribution in [0.1, 0.15) is 42.9 Å². The van der Waals surface area contributed by atoms with E-state index in [1.807, 2.05) is 0 Å². The van der Waals surface area contributed by atoms with Crippen molar-refractivity contribution < 1.29 is 17.9 Å². The molecule has 0 bridgehead atoms. The van der Waals surface area contributed by atoms with Crippen molar-refractivity contribution >= 4 is 15.4 Å². The van der Waals surface area contributed by atoms with E-state index in [-0.39, 0.29) is 11.1 Å². The van der Waals surface area contributed by atoms with E-state index in [9.17, 15) is 8.42 Å². The van der Waals surface area contributed by atoms with Gasteiger partial charge in [-0.15, -0.1) is 5.10 Å². The molecule has 4 heterocycles. The number of benzene rings is 1. The third-order valence-corrected chi connectivity index (χ3v) is 8.95. The van der Waals surface area contributed by atoms with Crippen molar-refractivity contribution in [2.45, 2.75) is 49.1 Å². The van der Waals surface area contributed by atoms with Crippen molar-refractivity contribution in [3.63, 3.8) is 0 Å². The van der Waals surface area contributed by atoms with Crippen molar-refractivity contribution in [1.29, 1.82) is 0 Å². The number of nitrogens with zero attached hydrogens (tertiary/aromatic N) is 5. The first kappa shape index (κ1) is 24.9. The molecule has 3 aromatic rings. The Labute approximate surface area is 218 Å². The number of sulfone groups is 1. The summed E-state index contributed by atoms with van der Waals surface area (Å²) >= 11 is 0. The van der Waals surface area contributed by atoms with E-state index in [4.69, 9.17) is 9.47 Å². The Morgan fingerprint density at radius 2 is 1.70 bits per heavy atom. The summed E-state index contributed by atoms with van der Waals surface area (Å²) in [7, 11) is -1.36. The molecule has 1 spiro atoms. The van der Waals surface area contributed by atoms with Crippen molar-refractivity contribution in [1.82, 2.24) is 24.4 Å². The number of rotatable bonds is 5. The number of hydrogen-bond donors (Lipinski definition) is 0. The van der Waals surface area contributed by atoms with Crippen LogP contribution >= 0.6 is 0 Å². The lowest BCUT2D eigenvalue weighted by Crippen LogP contribution is -2.43. The lowest BCUT2D eigenvalue weighted by atomic mass is 9.83. The first-order valence-corrected chi connectivity index (χ1v) is 15.1. The summed E-state index contributed by atoms with van der Waals surface area (Å²) in [6, 6.07) is 10.9. The quantitative estimate of drug-likeness (QED) is 0.502. The fourth-order valence-corrected chi connectivity index (χ4v) is 6.36. The maximum atomic E-state index is 12.3. The Bertz CT molecular complexity index is 1360. The molecule has 9 nitrogen and oxygen atoms in total. The zero-order valence-corrected chi connectivity index (χ0v) is 22.4. The summed E-state index contributed by atoms with van der Waals surface area (Å²) in [5.41, 5.74) is 5.24. The lowest BCUT2D eigenvalue weighted by molar-refractivity contribution is -0.179. The lowest BCUT2D eigenvalue weighted by Gasteiger charge is -2.35. The van der Waals surface area contributed by atoms with Crippen LogP contribution in [0.5, 0.6) is 0 Å². The molecule has 1 aliphatic carbocycles. The topological polar surface area (TPSA) is 89.3 Å². The van der Waals surface area contributed by atoms with Crippen LogP contribution in [-0.4, -0.2) is 91.3 Å². The van der Waals surface area contributed by atoms with Gasteiger partial charge in [0.1, 0.15) is 0 Å². The molecule has 3 aliphatic rings. The number of fused-ring (bicyclic) bond motifs is 1. The highest BCUT2D eigenvalue weighted by molar-refractivity contribution is 7.90. The minimum atomic E-state index is -3.53. The van der Waals surface area contributed by atoms with Gasteiger partial charge in [0.25, 0.3) is 5.16 Å². The first-order valence-electron chi connectivity index (χ1n) is 13.2. The van der Waals surface area contributed by atoms with E-state index in [0.717, 1.165) is 87.0 Å². The summed E-state index contributed by atoms with van der Waals surface area (Å²) in [6.45, 7) is 6.64. The van der Waals surface area contributed by atoms with Crippen molar-refractivity contribution in [2.24, 2.45) is 0 Å². The fourth-order valence-electron chi connectivity index (χ4n) is 5.88. The second-order valence-electron chi connectivity index (χ2n) is 10.8. The minimum absolute atomic E-state index is 0.152. The second kappa shape index (κ2) is 9.74. The molecule has 0 atom stereocenters. The molecular formula is C27H35N5O4S. The molecule has 0 amide bonds. The van der Waals surface area contributed by atoms with Crippen LogP contribution in [0, 0.1) is 0 Å². The van der Waals surface area contributed by atoms with Gasteiger partial charge in [-0.05, 0) is 37.1 Å². The molecule has 1 aromatic carbocycles. The fraction of sp³-hybridized carbons (Fsp3) is 0.556. The molecule has 0 unspecified atom stereocenters. The molecule has 6 rings (SSSR count). The van der Waals surface area contributed by atoms with Gasteiger partial charge in [-0.2, -0.15) is 0 Å². The van der Waals surface area contributed by atoms with Crippen LogP contribution in [-0.2, 0) is 25.9 Å². The first-order chi connectivity index (χ1) is 17.8. The number of hydrogen-bond acceptors (Lipinski definition) is 8. The largest absolute Gasteiger partial charge is 0.348 e. The van der Waals surface area contributed by atoms with Crippen LogP contribution in [0.15, 0.2) is 41.7 Å². The molecular weight excluding hydrogens is 490 g/mol. The van der Waals surface area contributed by atoms with Gasteiger partial charge in [0.2, 0.25) is 9.84 Å². The monoisotopic (exact) mass is 525 g/mol. The maximum absolute atomic E-state index is 12.3. The molecule has 2 aromatic heterocycles. The molecule has 0 N–H and O–H groups in total. The zero-order chi connectivity index (χ0) is 25.6. The Balaban J connectivity index is 1.31. The van der Waals surface area contributed by atoms with E-state index in [2.05, 4.69) is 57.3 Å². The number of ether oxygens (including phenoxy) is 2. The summed E-state index contributed by atoms with van der Waals surface area (Å²) in [4.78, 5) is 9.07. The molecule has 1 saturated carbocycles. The highest BCUT2D eigenvalue weighted by atomic mass is 32.2. The molecule has 10 heteroatoms. The van der Waals surface area contributed by atoms with E-state index in [1.165, 1.54) is 5.56 Å². The number of likely N-dealkylation sites (N-methyl/N-ethyl adjacent to an activating group) is 1. The summed E-state index contributed by atoms with van der Waals surface area (Å²) in [5.74, 6) is -0.211. The SMILES string of the molecule is CN1CCN(Cc2ccc(-c3cc(C4CCC5(CC4)OCCO5)n4nc(S(C)(=O)=O)ncc34)cc2)CC1. The van der Waals surface area contributed by atoms with Crippen LogP contribution in [0.4, 0.5) is 0 Å². The number of piperazine rings is 1. The van der Waals surface area contributed by atoms with Crippen molar-refractivity contribution in [3.8, 4) is 11.1 Å². The Kier molecular flexibility index (Phi) is 6.57. The predicted octanol–water partition coefficient (Wildman–Crippen LogP) is 2.95. The van der Waals surface area contributed by atoms with E-state index in [1.54, 1.807) is 10.7 Å². The Morgan fingerprint density at radius 1 is 1.03 bits per heavy atom. The zero-order valence-electron chi connectivity index (χ0n) is 21.6. The molecule has 198 valence electrons. The Hall–Kier alpha value is -2.37. The van der Waals surface area contributed by atoms with Crippen LogP contribution in [0.25, 0.3) is 16.6 Å². The highest BCUT2D eigenvalue weighted by Crippen LogP contribution is 2.44. The van der Waals surface area contributed by atoms with E-state index < -0.39 is 15.6 Å². The van der Waals surface area contributed by atoms with Gasteiger partial charge in [-0.25, -0.2) is 17.9 Å².